The number of nitrogens with zero attached hydrogens (tertiary/aromatic N) is 5. The Morgan fingerprint density at radius 1 is 0.844 bits per heavy atom. The molecule has 45 heavy (non-hydrogen) atoms. The molecular formula is C36H47N5O3S. The minimum absolute atomic E-state index is 0.102. The molecular weight excluding hydrogens is 582 g/mol. The zero-order chi connectivity index (χ0) is 30.6. The zero-order valence-corrected chi connectivity index (χ0v) is 27.3. The van der Waals surface area contributed by atoms with E-state index in [0.29, 0.717) is 31.2 Å². The van der Waals surface area contributed by atoms with Crippen LogP contribution in [0.5, 0.6) is 5.75 Å². The van der Waals surface area contributed by atoms with E-state index in [-0.39, 0.29) is 11.9 Å². The van der Waals surface area contributed by atoms with Crippen LogP contribution in [0, 0.1) is 0 Å². The lowest BCUT2D eigenvalue weighted by Gasteiger charge is -2.41. The maximum absolute atomic E-state index is 13.7. The van der Waals surface area contributed by atoms with Gasteiger partial charge in [-0.3, -0.25) is 9.69 Å². The van der Waals surface area contributed by atoms with Gasteiger partial charge in [0.2, 0.25) is 5.91 Å². The molecule has 0 aliphatic carbocycles. The number of fused-ring (bicyclic) bond motifs is 2. The molecule has 0 saturated carbocycles. The first-order valence-corrected chi connectivity index (χ1v) is 18.1. The highest BCUT2D eigenvalue weighted by atomic mass is 32.1. The van der Waals surface area contributed by atoms with Crippen molar-refractivity contribution in [2.45, 2.75) is 63.8 Å². The third kappa shape index (κ3) is 6.86. The molecule has 8 nitrogen and oxygen atoms in total. The van der Waals surface area contributed by atoms with Crippen molar-refractivity contribution in [3.05, 3.63) is 53.4 Å². The minimum atomic E-state index is -0.165. The molecule has 2 aromatic carbocycles. The molecule has 0 unspecified atom stereocenters. The minimum Gasteiger partial charge on any atom is -0.494 e. The number of rotatable bonds is 8. The molecule has 3 saturated heterocycles. The van der Waals surface area contributed by atoms with Gasteiger partial charge in [0.1, 0.15) is 5.75 Å². The number of hydrogen-bond acceptors (Lipinski definition) is 7. The number of likely N-dealkylation sites (tertiary alicyclic amines) is 2. The molecule has 5 heterocycles. The van der Waals surface area contributed by atoms with Gasteiger partial charge in [-0.1, -0.05) is 18.6 Å². The van der Waals surface area contributed by atoms with Gasteiger partial charge >= 0.3 is 6.03 Å². The van der Waals surface area contributed by atoms with Gasteiger partial charge < -0.3 is 19.4 Å². The molecule has 3 fully saturated rings. The van der Waals surface area contributed by atoms with Gasteiger partial charge in [0, 0.05) is 73.6 Å². The highest BCUT2D eigenvalue weighted by Gasteiger charge is 2.35. The van der Waals surface area contributed by atoms with E-state index in [9.17, 15) is 9.59 Å². The van der Waals surface area contributed by atoms with Gasteiger partial charge in [-0.2, -0.15) is 0 Å². The monoisotopic (exact) mass is 629 g/mol. The molecule has 0 radical (unpaired) electrons. The number of hydrogen-bond donors (Lipinski definition) is 0. The van der Waals surface area contributed by atoms with Crippen LogP contribution in [0.15, 0.2) is 47.8 Å². The summed E-state index contributed by atoms with van der Waals surface area (Å²) < 4.78 is 7.53. The van der Waals surface area contributed by atoms with Crippen LogP contribution in [0.25, 0.3) is 10.1 Å². The average molecular weight is 630 g/mol. The van der Waals surface area contributed by atoms with E-state index in [1.165, 1.54) is 53.0 Å². The Kier molecular flexibility index (Phi) is 9.56. The van der Waals surface area contributed by atoms with Crippen LogP contribution in [0.4, 0.5) is 16.2 Å². The number of piperidine rings is 2. The highest BCUT2D eigenvalue weighted by molar-refractivity contribution is 7.17. The van der Waals surface area contributed by atoms with Gasteiger partial charge in [0.05, 0.1) is 12.3 Å². The van der Waals surface area contributed by atoms with Crippen LogP contribution in [0.3, 0.4) is 0 Å². The van der Waals surface area contributed by atoms with E-state index in [2.05, 4.69) is 44.3 Å². The van der Waals surface area contributed by atoms with Crippen molar-refractivity contribution in [2.24, 2.45) is 0 Å². The standard InChI is InChI=1S/C36H47N5O3S/c42-35-12-10-28-9-11-30(27-33(28)41(35)36(43)40-19-13-29(14-20-40)38-17-2-1-3-18-38)44-25-5-4-16-37-21-23-39(24-22-37)32-7-6-8-34-31(32)15-26-45-34/h6-9,11,15,26-27,29H,1-5,10,12-14,16-25H2. The van der Waals surface area contributed by atoms with Gasteiger partial charge in [-0.05, 0) is 99.8 Å². The Labute approximate surface area is 271 Å². The fourth-order valence-electron chi connectivity index (χ4n) is 7.69. The number of unbranched alkanes of at least 4 members (excludes halogenated alkanes) is 1. The van der Waals surface area contributed by atoms with Crippen LogP contribution < -0.4 is 14.5 Å². The summed E-state index contributed by atoms with van der Waals surface area (Å²) in [7, 11) is 0. The first kappa shape index (κ1) is 30.5. The van der Waals surface area contributed by atoms with Crippen molar-refractivity contribution < 1.29 is 14.3 Å². The Morgan fingerprint density at radius 3 is 2.49 bits per heavy atom. The molecule has 0 atom stereocenters. The second-order valence-electron chi connectivity index (χ2n) is 13.1. The molecule has 1 aromatic heterocycles. The van der Waals surface area contributed by atoms with Crippen LogP contribution >= 0.6 is 11.3 Å². The molecule has 0 spiro atoms. The number of aryl methyl sites for hydroxylation is 1. The number of urea groups is 1. The van der Waals surface area contributed by atoms with E-state index in [0.717, 1.165) is 82.8 Å². The van der Waals surface area contributed by atoms with Gasteiger partial charge in [0.25, 0.3) is 0 Å². The number of carbonyl (C=O) groups excluding carboxylic acids is 2. The van der Waals surface area contributed by atoms with Crippen molar-refractivity contribution in [1.29, 1.82) is 0 Å². The molecule has 7 rings (SSSR count). The fourth-order valence-corrected chi connectivity index (χ4v) is 8.50. The molecule has 3 aromatic rings. The van der Waals surface area contributed by atoms with Crippen molar-refractivity contribution in [3.8, 4) is 5.75 Å². The predicted molar refractivity (Wildman–Crippen MR) is 183 cm³/mol. The molecule has 0 bridgehead atoms. The predicted octanol–water partition coefficient (Wildman–Crippen LogP) is 6.23. The number of amides is 3. The van der Waals surface area contributed by atoms with Crippen molar-refractivity contribution >= 4 is 44.7 Å². The molecule has 0 N–H and O–H groups in total. The number of imide groups is 1. The van der Waals surface area contributed by atoms with E-state index >= 15 is 0 Å². The lowest BCUT2D eigenvalue weighted by atomic mass is 9.99. The Hall–Kier alpha value is -3.14. The van der Waals surface area contributed by atoms with E-state index < -0.39 is 0 Å². The summed E-state index contributed by atoms with van der Waals surface area (Å²) in [6.07, 6.45) is 8.99. The summed E-state index contributed by atoms with van der Waals surface area (Å²) >= 11 is 1.81. The average Bonchev–Trinajstić information content (AvgIpc) is 3.58. The molecule has 4 aliphatic rings. The Bertz CT molecular complexity index is 1470. The third-order valence-electron chi connectivity index (χ3n) is 10.3. The van der Waals surface area contributed by atoms with E-state index in [1.807, 2.05) is 34.4 Å². The molecule has 4 aliphatic heterocycles. The fraction of sp³-hybridized carbons (Fsp3) is 0.556. The van der Waals surface area contributed by atoms with Crippen LogP contribution in [0.2, 0.25) is 0 Å². The van der Waals surface area contributed by atoms with Crippen molar-refractivity contribution in [2.75, 3.05) is 75.3 Å². The van der Waals surface area contributed by atoms with Gasteiger partial charge in [-0.25, -0.2) is 9.69 Å². The number of thiophene rings is 1. The summed E-state index contributed by atoms with van der Waals surface area (Å²) in [4.78, 5) is 37.8. The number of anilines is 2. The summed E-state index contributed by atoms with van der Waals surface area (Å²) in [5.41, 5.74) is 3.13. The molecule has 240 valence electrons. The Balaban J connectivity index is 0.874. The third-order valence-corrected chi connectivity index (χ3v) is 11.2. The second-order valence-corrected chi connectivity index (χ2v) is 14.1. The molecule has 3 amide bonds. The van der Waals surface area contributed by atoms with Crippen molar-refractivity contribution in [3.63, 3.8) is 0 Å². The normalized spacial score (nSPS) is 20.5. The van der Waals surface area contributed by atoms with Gasteiger partial charge in [0.15, 0.2) is 0 Å². The maximum Gasteiger partial charge on any atom is 0.331 e. The van der Waals surface area contributed by atoms with Gasteiger partial charge in [-0.15, -0.1) is 11.3 Å². The first-order valence-electron chi connectivity index (χ1n) is 17.2. The summed E-state index contributed by atoms with van der Waals surface area (Å²) in [6.45, 7) is 9.80. The topological polar surface area (TPSA) is 59.6 Å². The number of piperazine rings is 1. The summed E-state index contributed by atoms with van der Waals surface area (Å²) in [5, 5.41) is 3.56. The second kappa shape index (κ2) is 14.1. The lowest BCUT2D eigenvalue weighted by molar-refractivity contribution is -0.118. The largest absolute Gasteiger partial charge is 0.494 e. The van der Waals surface area contributed by atoms with E-state index in [4.69, 9.17) is 4.74 Å². The van der Waals surface area contributed by atoms with Crippen LogP contribution in [0.1, 0.15) is 56.9 Å². The summed E-state index contributed by atoms with van der Waals surface area (Å²) in [6, 6.07) is 15.2. The van der Waals surface area contributed by atoms with Crippen LogP contribution in [-0.2, 0) is 11.2 Å². The van der Waals surface area contributed by atoms with Crippen LogP contribution in [-0.4, -0.2) is 98.2 Å². The number of benzene rings is 2. The lowest BCUT2D eigenvalue weighted by Crippen LogP contribution is -2.53. The zero-order valence-electron chi connectivity index (χ0n) is 26.5. The number of ether oxygens (including phenoxy) is 1. The highest BCUT2D eigenvalue weighted by Crippen LogP contribution is 2.34. The van der Waals surface area contributed by atoms with E-state index in [1.54, 1.807) is 0 Å². The van der Waals surface area contributed by atoms with Crippen molar-refractivity contribution in [1.82, 2.24) is 14.7 Å². The summed E-state index contributed by atoms with van der Waals surface area (Å²) in [5.74, 6) is 0.635. The SMILES string of the molecule is O=C1CCc2ccc(OCCCCN3CCN(c4cccc5sccc45)CC3)cc2N1C(=O)N1CCC(N2CCCCC2)CC1. The Morgan fingerprint density at radius 2 is 1.67 bits per heavy atom. The molecule has 9 heteroatoms. The quantitative estimate of drug-likeness (QED) is 0.276. The maximum atomic E-state index is 13.7. The smallest absolute Gasteiger partial charge is 0.331 e. The first-order chi connectivity index (χ1) is 22.1. The number of carbonyl (C=O) groups is 2.